The van der Waals surface area contributed by atoms with Crippen molar-refractivity contribution >= 4 is 28.3 Å². The molecular formula is C27H26N4O3. The second-order valence-corrected chi connectivity index (χ2v) is 8.22. The third-order valence-electron chi connectivity index (χ3n) is 5.77. The molecular weight excluding hydrogens is 428 g/mol. The topological polar surface area (TPSA) is 84.3 Å². The van der Waals surface area contributed by atoms with Crippen molar-refractivity contribution in [2.75, 3.05) is 5.32 Å². The molecule has 0 spiro atoms. The molecule has 7 heteroatoms. The number of carbonyl (C=O) groups is 2. The van der Waals surface area contributed by atoms with Gasteiger partial charge in [-0.25, -0.2) is 4.68 Å². The van der Waals surface area contributed by atoms with Crippen molar-refractivity contribution in [3.8, 4) is 0 Å². The highest BCUT2D eigenvalue weighted by atomic mass is 16.2. The van der Waals surface area contributed by atoms with Crippen LogP contribution in [0.15, 0.2) is 83.7 Å². The van der Waals surface area contributed by atoms with Crippen molar-refractivity contribution in [1.29, 1.82) is 0 Å². The van der Waals surface area contributed by atoms with Gasteiger partial charge in [0.1, 0.15) is 0 Å². The zero-order valence-electron chi connectivity index (χ0n) is 19.4. The van der Waals surface area contributed by atoms with Crippen LogP contribution in [0.3, 0.4) is 0 Å². The summed E-state index contributed by atoms with van der Waals surface area (Å²) in [6, 6.07) is 23.9. The number of amides is 2. The third-order valence-corrected chi connectivity index (χ3v) is 5.77. The van der Waals surface area contributed by atoms with Gasteiger partial charge in [-0.15, -0.1) is 0 Å². The van der Waals surface area contributed by atoms with Crippen molar-refractivity contribution in [3.05, 3.63) is 106 Å². The molecule has 3 aromatic carbocycles. The van der Waals surface area contributed by atoms with Crippen molar-refractivity contribution < 1.29 is 9.59 Å². The lowest BCUT2D eigenvalue weighted by Crippen LogP contribution is -2.35. The van der Waals surface area contributed by atoms with Gasteiger partial charge in [-0.1, -0.05) is 60.7 Å². The zero-order valence-corrected chi connectivity index (χ0v) is 19.4. The largest absolute Gasteiger partial charge is 0.326 e. The predicted octanol–water partition coefficient (Wildman–Crippen LogP) is 4.30. The molecule has 0 saturated heterocycles. The number of anilines is 1. The van der Waals surface area contributed by atoms with E-state index in [0.29, 0.717) is 23.0 Å². The second kappa shape index (κ2) is 9.70. The maximum atomic E-state index is 14.0. The Morgan fingerprint density at radius 1 is 0.971 bits per heavy atom. The molecule has 0 bridgehead atoms. The van der Waals surface area contributed by atoms with Crippen LogP contribution in [-0.2, 0) is 18.4 Å². The number of benzene rings is 3. The lowest BCUT2D eigenvalue weighted by atomic mass is 10.0. The molecule has 1 aromatic heterocycles. The number of carbonyl (C=O) groups excluding carboxylic acids is 2. The van der Waals surface area contributed by atoms with Gasteiger partial charge in [0.15, 0.2) is 5.69 Å². The Bertz CT molecular complexity index is 1410. The van der Waals surface area contributed by atoms with Crippen LogP contribution in [0.5, 0.6) is 0 Å². The number of aromatic nitrogens is 2. The lowest BCUT2D eigenvalue weighted by molar-refractivity contribution is -0.114. The van der Waals surface area contributed by atoms with E-state index in [1.165, 1.54) is 11.6 Å². The number of hydrogen-bond acceptors (Lipinski definition) is 4. The maximum absolute atomic E-state index is 14.0. The van der Waals surface area contributed by atoms with Gasteiger partial charge in [-0.2, -0.15) is 5.10 Å². The summed E-state index contributed by atoms with van der Waals surface area (Å²) in [7, 11) is 1.55. The molecule has 0 saturated carbocycles. The minimum Gasteiger partial charge on any atom is -0.326 e. The number of fused-ring (bicyclic) bond motifs is 1. The van der Waals surface area contributed by atoms with Crippen molar-refractivity contribution in [2.45, 2.75) is 26.4 Å². The van der Waals surface area contributed by atoms with E-state index in [1.807, 2.05) is 61.5 Å². The van der Waals surface area contributed by atoms with Gasteiger partial charge in [-0.05, 0) is 36.2 Å². The quantitative estimate of drug-likeness (QED) is 0.471. The molecule has 4 aromatic rings. The number of rotatable bonds is 6. The Labute approximate surface area is 197 Å². The van der Waals surface area contributed by atoms with Gasteiger partial charge >= 0.3 is 0 Å². The summed E-state index contributed by atoms with van der Waals surface area (Å²) in [5.41, 5.74) is 2.46. The normalized spacial score (nSPS) is 11.7. The Morgan fingerprint density at radius 2 is 1.65 bits per heavy atom. The summed E-state index contributed by atoms with van der Waals surface area (Å²) in [4.78, 5) is 39.8. The van der Waals surface area contributed by atoms with Gasteiger partial charge < -0.3 is 10.2 Å². The van der Waals surface area contributed by atoms with Crippen molar-refractivity contribution in [3.63, 3.8) is 0 Å². The first-order chi connectivity index (χ1) is 16.3. The second-order valence-electron chi connectivity index (χ2n) is 8.22. The highest BCUT2D eigenvalue weighted by Gasteiger charge is 2.27. The zero-order chi connectivity index (χ0) is 24.2. The van der Waals surface area contributed by atoms with Gasteiger partial charge in [0.05, 0.1) is 11.4 Å². The van der Waals surface area contributed by atoms with Crippen molar-refractivity contribution in [1.82, 2.24) is 14.7 Å². The fourth-order valence-electron chi connectivity index (χ4n) is 4.02. The van der Waals surface area contributed by atoms with Crippen LogP contribution in [0.2, 0.25) is 0 Å². The van der Waals surface area contributed by atoms with Gasteiger partial charge in [0.25, 0.3) is 11.5 Å². The molecule has 0 fully saturated rings. The molecule has 0 aliphatic heterocycles. The van der Waals surface area contributed by atoms with Crippen LogP contribution in [0.25, 0.3) is 10.8 Å². The first-order valence-corrected chi connectivity index (χ1v) is 11.0. The number of hydrogen-bond donors (Lipinski definition) is 1. The molecule has 1 N–H and O–H groups in total. The van der Waals surface area contributed by atoms with Crippen LogP contribution in [0.4, 0.5) is 5.69 Å². The summed E-state index contributed by atoms with van der Waals surface area (Å²) in [5.74, 6) is -0.448. The molecule has 34 heavy (non-hydrogen) atoms. The highest BCUT2D eigenvalue weighted by molar-refractivity contribution is 6.05. The summed E-state index contributed by atoms with van der Waals surface area (Å²) >= 11 is 0. The van der Waals surface area contributed by atoms with Gasteiger partial charge in [0.2, 0.25) is 5.91 Å². The molecule has 0 aliphatic carbocycles. The Hall–Kier alpha value is -4.26. The van der Waals surface area contributed by atoms with Crippen LogP contribution < -0.4 is 10.9 Å². The maximum Gasteiger partial charge on any atom is 0.275 e. The smallest absolute Gasteiger partial charge is 0.275 e. The van der Waals surface area contributed by atoms with Crippen LogP contribution in [0.1, 0.15) is 41.5 Å². The van der Waals surface area contributed by atoms with E-state index in [-0.39, 0.29) is 29.1 Å². The summed E-state index contributed by atoms with van der Waals surface area (Å²) in [5, 5.41) is 8.12. The average Bonchev–Trinajstić information content (AvgIpc) is 2.84. The van der Waals surface area contributed by atoms with E-state index in [0.717, 1.165) is 11.1 Å². The van der Waals surface area contributed by atoms with E-state index in [4.69, 9.17) is 0 Å². The highest BCUT2D eigenvalue weighted by Crippen LogP contribution is 2.27. The molecule has 1 atom stereocenters. The summed E-state index contributed by atoms with van der Waals surface area (Å²) < 4.78 is 1.21. The van der Waals surface area contributed by atoms with E-state index >= 15 is 0 Å². The lowest BCUT2D eigenvalue weighted by Gasteiger charge is -2.30. The Morgan fingerprint density at radius 3 is 2.35 bits per heavy atom. The molecule has 0 radical (unpaired) electrons. The summed E-state index contributed by atoms with van der Waals surface area (Å²) in [6.45, 7) is 3.75. The molecule has 1 unspecified atom stereocenters. The number of aryl methyl sites for hydroxylation is 1. The number of nitrogens with zero attached hydrogens (tertiary/aromatic N) is 3. The average molecular weight is 455 g/mol. The Kier molecular flexibility index (Phi) is 6.54. The van der Waals surface area contributed by atoms with Crippen LogP contribution in [0, 0.1) is 0 Å². The molecule has 2 amide bonds. The van der Waals surface area contributed by atoms with E-state index in [2.05, 4.69) is 10.4 Å². The SMILES string of the molecule is CC(=O)Nc1cccc(C(C)N(Cc2ccccc2)C(=O)c2nn(C)c(=O)c3ccccc23)c1. The minimum absolute atomic E-state index is 0.164. The van der Waals surface area contributed by atoms with Crippen molar-refractivity contribution in [2.24, 2.45) is 7.05 Å². The van der Waals surface area contributed by atoms with Crippen LogP contribution in [-0.4, -0.2) is 26.5 Å². The molecule has 0 aliphatic rings. The van der Waals surface area contributed by atoms with E-state index < -0.39 is 0 Å². The molecule has 1 heterocycles. The van der Waals surface area contributed by atoms with E-state index in [9.17, 15) is 14.4 Å². The fourth-order valence-corrected chi connectivity index (χ4v) is 4.02. The molecule has 7 nitrogen and oxygen atoms in total. The molecule has 172 valence electrons. The standard InChI is InChI=1S/C27H26N4O3/c1-18(21-12-9-13-22(16-21)28-19(2)32)31(17-20-10-5-4-6-11-20)27(34)25-23-14-7-8-15-24(23)26(33)30(3)29-25/h4-16,18H,17H2,1-3H3,(H,28,32). The van der Waals surface area contributed by atoms with Crippen LogP contribution >= 0.6 is 0 Å². The monoisotopic (exact) mass is 454 g/mol. The minimum atomic E-state index is -0.334. The Balaban J connectivity index is 1.81. The first kappa shape index (κ1) is 22.9. The molecule has 4 rings (SSSR count). The number of nitrogens with one attached hydrogen (secondary N) is 1. The fraction of sp³-hybridized carbons (Fsp3) is 0.185. The van der Waals surface area contributed by atoms with Gasteiger partial charge in [0, 0.05) is 31.6 Å². The van der Waals surface area contributed by atoms with Gasteiger partial charge in [-0.3, -0.25) is 14.4 Å². The summed E-state index contributed by atoms with van der Waals surface area (Å²) in [6.07, 6.45) is 0. The van der Waals surface area contributed by atoms with E-state index in [1.54, 1.807) is 36.2 Å². The first-order valence-electron chi connectivity index (χ1n) is 11.0. The third kappa shape index (κ3) is 4.73. The predicted molar refractivity (Wildman–Crippen MR) is 132 cm³/mol.